The van der Waals surface area contributed by atoms with Gasteiger partial charge in [0.15, 0.2) is 0 Å². The van der Waals surface area contributed by atoms with Crippen molar-refractivity contribution in [3.05, 3.63) is 35.2 Å². The zero-order chi connectivity index (χ0) is 22.5. The van der Waals surface area contributed by atoms with E-state index < -0.39 is 17.9 Å². The molecular weight excluding hydrogens is 401 g/mol. The minimum atomic E-state index is -4.73. The van der Waals surface area contributed by atoms with E-state index in [2.05, 4.69) is 25.0 Å². The zero-order valence-electron chi connectivity index (χ0n) is 15.6. The molecule has 0 saturated heterocycles. The standard InChI is InChI=1S/C17H17F3N10/c1-2-9(11(4-22)30-25)13-10(3-21)12(14(29-13)15(24)28-7-23)8-5-26-16(27-6-8)17(18,19)20/h4-7,9,22,29H,2,25H2,1H3,(H3,23,24,28). The topological polar surface area (TPSA) is 190 Å². The number of nitrogens with zero attached hydrogens (tertiary/aromatic N) is 5. The van der Waals surface area contributed by atoms with Crippen molar-refractivity contribution in [2.45, 2.75) is 25.4 Å². The summed E-state index contributed by atoms with van der Waals surface area (Å²) >= 11 is 0. The van der Waals surface area contributed by atoms with E-state index in [1.165, 1.54) is 0 Å². The predicted octanol–water partition coefficient (Wildman–Crippen LogP) is 2.13. The second kappa shape index (κ2) is 8.95. The molecular formula is C17H17F3N10. The van der Waals surface area contributed by atoms with Crippen LogP contribution in [-0.2, 0) is 6.18 Å². The molecule has 0 radical (unpaired) electrons. The van der Waals surface area contributed by atoms with Crippen LogP contribution >= 0.6 is 0 Å². The average molecular weight is 418 g/mol. The van der Waals surface area contributed by atoms with Gasteiger partial charge in [-0.2, -0.15) is 23.5 Å². The lowest BCUT2D eigenvalue weighted by Crippen LogP contribution is -2.18. The van der Waals surface area contributed by atoms with E-state index in [-0.39, 0.29) is 33.9 Å². The van der Waals surface area contributed by atoms with E-state index in [0.29, 0.717) is 18.5 Å². The summed E-state index contributed by atoms with van der Waals surface area (Å²) in [5.41, 5.74) is 6.68. The summed E-state index contributed by atoms with van der Waals surface area (Å²) in [4.78, 5) is 13.3. The summed E-state index contributed by atoms with van der Waals surface area (Å²) in [6, 6.07) is 2.00. The van der Waals surface area contributed by atoms with Crippen molar-refractivity contribution >= 4 is 24.1 Å². The number of alkyl halides is 3. The maximum absolute atomic E-state index is 12.8. The fourth-order valence-corrected chi connectivity index (χ4v) is 2.90. The Morgan fingerprint density at radius 3 is 2.43 bits per heavy atom. The molecule has 1 atom stereocenters. The van der Waals surface area contributed by atoms with Gasteiger partial charge in [-0.3, -0.25) is 5.41 Å². The molecule has 2 aromatic heterocycles. The van der Waals surface area contributed by atoms with Crippen molar-refractivity contribution in [2.24, 2.45) is 21.7 Å². The van der Waals surface area contributed by atoms with Gasteiger partial charge in [-0.05, 0) is 6.42 Å². The number of hydrogen-bond donors (Lipinski definition) is 5. The molecule has 2 aromatic rings. The van der Waals surface area contributed by atoms with Crippen LogP contribution in [0.2, 0.25) is 0 Å². The Morgan fingerprint density at radius 2 is 2.00 bits per heavy atom. The molecule has 2 heterocycles. The highest BCUT2D eigenvalue weighted by atomic mass is 19.4. The Balaban J connectivity index is 2.82. The number of hydrogen-bond acceptors (Lipinski definition) is 7. The highest BCUT2D eigenvalue weighted by Crippen LogP contribution is 2.35. The summed E-state index contributed by atoms with van der Waals surface area (Å²) in [6.07, 6.45) is -0.888. The van der Waals surface area contributed by atoms with E-state index in [1.54, 1.807) is 6.92 Å². The Bertz CT molecular complexity index is 1040. The number of aliphatic imine (C=N–C) groups is 1. The molecule has 0 aliphatic rings. The highest BCUT2D eigenvalue weighted by molar-refractivity contribution is 6.32. The first-order valence-electron chi connectivity index (χ1n) is 8.39. The summed E-state index contributed by atoms with van der Waals surface area (Å²) in [5, 5.41) is 28.0. The molecule has 156 valence electrons. The van der Waals surface area contributed by atoms with Gasteiger partial charge in [0.25, 0.3) is 0 Å². The molecule has 0 fully saturated rings. The van der Waals surface area contributed by atoms with Crippen LogP contribution in [0.15, 0.2) is 22.5 Å². The molecule has 0 spiro atoms. The number of nitrogens with two attached hydrogens (primary N) is 2. The van der Waals surface area contributed by atoms with Crippen molar-refractivity contribution in [1.29, 1.82) is 16.1 Å². The third-order valence-electron chi connectivity index (χ3n) is 4.21. The van der Waals surface area contributed by atoms with Crippen molar-refractivity contribution in [2.75, 3.05) is 0 Å². The van der Waals surface area contributed by atoms with Gasteiger partial charge in [0.2, 0.25) is 5.82 Å². The lowest BCUT2D eigenvalue weighted by atomic mass is 9.92. The number of nitrogens with one attached hydrogen (secondary N) is 3. The predicted molar refractivity (Wildman–Crippen MR) is 104 cm³/mol. The maximum Gasteiger partial charge on any atom is 0.451 e. The van der Waals surface area contributed by atoms with Crippen LogP contribution in [0.25, 0.3) is 11.1 Å². The van der Waals surface area contributed by atoms with Gasteiger partial charge in [0.1, 0.15) is 18.2 Å². The number of hydrazone groups is 1. The monoisotopic (exact) mass is 418 g/mol. The normalized spacial score (nSPS) is 13.6. The number of aromatic nitrogens is 3. The lowest BCUT2D eigenvalue weighted by Gasteiger charge is -2.13. The van der Waals surface area contributed by atoms with Crippen molar-refractivity contribution in [1.82, 2.24) is 15.0 Å². The van der Waals surface area contributed by atoms with Gasteiger partial charge in [0, 0.05) is 41.3 Å². The smallest absolute Gasteiger partial charge is 0.382 e. The Morgan fingerprint density at radius 1 is 1.37 bits per heavy atom. The summed E-state index contributed by atoms with van der Waals surface area (Å²) in [5.74, 6) is 3.23. The molecule has 0 aliphatic heterocycles. The fourth-order valence-electron chi connectivity index (χ4n) is 2.90. The Labute approximate surface area is 168 Å². The number of halogens is 3. The second-order valence-electron chi connectivity index (χ2n) is 5.87. The molecule has 0 aliphatic carbocycles. The van der Waals surface area contributed by atoms with Gasteiger partial charge >= 0.3 is 6.18 Å². The SMILES string of the molecule is CCC(C(C=N)=NN)c1[nH]c(C(N)=NC=N)c(-c2cnc(C(F)(F)F)nc2)c1C#N. The minimum Gasteiger partial charge on any atom is -0.382 e. The molecule has 10 nitrogen and oxygen atoms in total. The Hall–Kier alpha value is -4.08. The van der Waals surface area contributed by atoms with Crippen molar-refractivity contribution in [3.8, 4) is 17.2 Å². The van der Waals surface area contributed by atoms with Crippen molar-refractivity contribution in [3.63, 3.8) is 0 Å². The molecule has 2 rings (SSSR count). The third kappa shape index (κ3) is 4.17. The van der Waals surface area contributed by atoms with Gasteiger partial charge < -0.3 is 22.0 Å². The Kier molecular flexibility index (Phi) is 6.62. The van der Waals surface area contributed by atoms with Gasteiger partial charge in [-0.15, -0.1) is 0 Å². The number of rotatable bonds is 7. The minimum absolute atomic E-state index is 0.0336. The molecule has 30 heavy (non-hydrogen) atoms. The maximum atomic E-state index is 12.8. The van der Waals surface area contributed by atoms with E-state index >= 15 is 0 Å². The summed E-state index contributed by atoms with van der Waals surface area (Å²) in [7, 11) is 0. The number of H-pyrrole nitrogens is 1. The van der Waals surface area contributed by atoms with Gasteiger partial charge in [-0.25, -0.2) is 15.0 Å². The van der Waals surface area contributed by atoms with E-state index in [1.807, 2.05) is 6.07 Å². The van der Waals surface area contributed by atoms with Gasteiger partial charge in [0.05, 0.1) is 17.0 Å². The first-order valence-corrected chi connectivity index (χ1v) is 8.39. The van der Waals surface area contributed by atoms with Crippen LogP contribution < -0.4 is 11.6 Å². The molecule has 0 bridgehead atoms. The molecule has 0 saturated carbocycles. The number of aromatic amines is 1. The summed E-state index contributed by atoms with van der Waals surface area (Å²) < 4.78 is 38.4. The first kappa shape index (κ1) is 22.2. The van der Waals surface area contributed by atoms with E-state index in [4.69, 9.17) is 22.4 Å². The van der Waals surface area contributed by atoms with Gasteiger partial charge in [-0.1, -0.05) is 6.92 Å². The number of nitriles is 1. The quantitative estimate of drug-likeness (QED) is 0.199. The molecule has 7 N–H and O–H groups in total. The van der Waals surface area contributed by atoms with Crippen LogP contribution in [0.5, 0.6) is 0 Å². The second-order valence-corrected chi connectivity index (χ2v) is 5.87. The third-order valence-corrected chi connectivity index (χ3v) is 4.21. The van der Waals surface area contributed by atoms with Crippen LogP contribution in [0.3, 0.4) is 0 Å². The van der Waals surface area contributed by atoms with Crippen LogP contribution in [0.4, 0.5) is 13.2 Å². The van der Waals surface area contributed by atoms with Crippen LogP contribution in [-0.4, -0.2) is 39.1 Å². The highest BCUT2D eigenvalue weighted by Gasteiger charge is 2.35. The van der Waals surface area contributed by atoms with Crippen molar-refractivity contribution < 1.29 is 13.2 Å². The van der Waals surface area contributed by atoms with Crippen LogP contribution in [0, 0.1) is 22.1 Å². The summed E-state index contributed by atoms with van der Waals surface area (Å²) in [6.45, 7) is 1.77. The molecule has 0 amide bonds. The largest absolute Gasteiger partial charge is 0.451 e. The molecule has 0 aromatic carbocycles. The van der Waals surface area contributed by atoms with Crippen LogP contribution in [0.1, 0.15) is 42.0 Å². The zero-order valence-corrected chi connectivity index (χ0v) is 15.6. The average Bonchev–Trinajstić information content (AvgIpc) is 3.10. The fraction of sp³-hybridized carbons (Fsp3) is 0.235. The number of amidine groups is 1. The van der Waals surface area contributed by atoms with E-state index in [0.717, 1.165) is 18.6 Å². The molecule has 1 unspecified atom stereocenters. The lowest BCUT2D eigenvalue weighted by molar-refractivity contribution is -0.144. The first-order chi connectivity index (χ1) is 14.2. The van der Waals surface area contributed by atoms with E-state index in [9.17, 15) is 18.4 Å². The molecule has 13 heteroatoms.